The number of rotatable bonds is 17. The van der Waals surface area contributed by atoms with Gasteiger partial charge in [-0.05, 0) is 165 Å². The first kappa shape index (κ1) is 69.2. The standard InChI is InChI=1S/C68H87F3N10O12/c1-40-33-78(49(35-77-25-28-91-38-41(77)2)36-79(40)65(89)93-67(7,8)9)37-56(83)81-39-68(10,51-22-17-44(30-54(51)81)29-43-15-19-47(69)20-16-43)63(87)72-32-55(82)73-48-21-18-46-34-80(59(50(46)31-48)61(85)75-58-52(70)13-12-14-53(58)71)62(86)57(45-23-26-90-27-24-45)74-60(84)42(3)76(11)64(88)92-66(4,5)6/h12-22,30-31,40-42,45,49,57,59H,23-29,32-39H2,1-11H3,(H,72,87)(H,73,82)(H,74,84)(H,75,85)/t40-,41+,42-,49-,57-,59-,68-/m0/s1. The topological polar surface area (TPSA) is 241 Å². The Bertz CT molecular complexity index is 3450. The van der Waals surface area contributed by atoms with Gasteiger partial charge in [-0.2, -0.15) is 0 Å². The predicted octanol–water partition coefficient (Wildman–Crippen LogP) is 7.27. The number of amides is 8. The molecule has 25 heteroatoms. The zero-order valence-corrected chi connectivity index (χ0v) is 54.9. The molecule has 4 aromatic carbocycles. The van der Waals surface area contributed by atoms with E-state index in [0.29, 0.717) is 75.5 Å². The maximum atomic E-state index is 15.2. The van der Waals surface area contributed by atoms with E-state index in [2.05, 4.69) is 38.0 Å². The summed E-state index contributed by atoms with van der Waals surface area (Å²) in [6.07, 6.45) is -0.153. The molecule has 0 aromatic heterocycles. The fourth-order valence-corrected chi connectivity index (χ4v) is 12.7. The molecule has 0 bridgehead atoms. The first-order valence-electron chi connectivity index (χ1n) is 31.7. The molecule has 0 unspecified atom stereocenters. The van der Waals surface area contributed by atoms with Gasteiger partial charge in [-0.15, -0.1) is 0 Å². The minimum atomic E-state index is -1.57. The molecule has 8 amide bonds. The van der Waals surface area contributed by atoms with Crippen LogP contribution in [0, 0.1) is 23.4 Å². The van der Waals surface area contributed by atoms with Gasteiger partial charge in [-0.1, -0.05) is 36.4 Å². The van der Waals surface area contributed by atoms with E-state index in [1.807, 2.05) is 39.8 Å². The zero-order chi connectivity index (χ0) is 67.4. The van der Waals surface area contributed by atoms with Gasteiger partial charge in [0, 0.05) is 89.0 Å². The Morgan fingerprint density at radius 3 is 2.12 bits per heavy atom. The summed E-state index contributed by atoms with van der Waals surface area (Å²) in [5.41, 5.74) is -0.379. The van der Waals surface area contributed by atoms with Crippen molar-refractivity contribution in [1.82, 2.24) is 35.1 Å². The van der Waals surface area contributed by atoms with Crippen LogP contribution >= 0.6 is 0 Å². The van der Waals surface area contributed by atoms with Crippen LogP contribution < -0.4 is 26.2 Å². The third-order valence-corrected chi connectivity index (χ3v) is 17.9. The van der Waals surface area contributed by atoms with Gasteiger partial charge in [0.05, 0.1) is 31.7 Å². The molecule has 3 fully saturated rings. The van der Waals surface area contributed by atoms with Crippen molar-refractivity contribution in [3.8, 4) is 0 Å². The van der Waals surface area contributed by atoms with Gasteiger partial charge in [0.2, 0.25) is 29.5 Å². The van der Waals surface area contributed by atoms with Crippen LogP contribution in [-0.4, -0.2) is 193 Å². The molecule has 5 aliphatic rings. The summed E-state index contributed by atoms with van der Waals surface area (Å²) in [4.78, 5) is 125. The van der Waals surface area contributed by atoms with E-state index in [4.69, 9.17) is 18.9 Å². The largest absolute Gasteiger partial charge is 0.444 e. The highest BCUT2D eigenvalue weighted by atomic mass is 19.1. The number of hydrogen-bond donors (Lipinski definition) is 4. The number of nitrogens with zero attached hydrogens (tertiary/aromatic N) is 6. The molecule has 5 aliphatic heterocycles. The lowest BCUT2D eigenvalue weighted by atomic mass is 9.83. The Balaban J connectivity index is 0.947. The normalized spacial score (nSPS) is 21.8. The second-order valence-electron chi connectivity index (χ2n) is 27.3. The molecule has 0 radical (unpaired) electrons. The first-order valence-corrected chi connectivity index (χ1v) is 31.7. The average molecular weight is 1290 g/mol. The number of ether oxygens (including phenoxy) is 4. The molecule has 0 aliphatic carbocycles. The maximum Gasteiger partial charge on any atom is 0.410 e. The summed E-state index contributed by atoms with van der Waals surface area (Å²) in [6.45, 7) is 20.2. The number of hydrogen-bond acceptors (Lipinski definition) is 14. The molecule has 93 heavy (non-hydrogen) atoms. The Kier molecular flexibility index (Phi) is 21.3. The molecular weight excluding hydrogens is 1210 g/mol. The first-order chi connectivity index (χ1) is 43.9. The van der Waals surface area contributed by atoms with Crippen LogP contribution in [0.2, 0.25) is 0 Å². The highest BCUT2D eigenvalue weighted by molar-refractivity contribution is 6.05. The highest BCUT2D eigenvalue weighted by Crippen LogP contribution is 2.43. The van der Waals surface area contributed by atoms with Crippen molar-refractivity contribution in [2.24, 2.45) is 5.92 Å². The Hall–Kier alpha value is -8.13. The number of morpholine rings is 1. The van der Waals surface area contributed by atoms with Crippen LogP contribution in [-0.2, 0) is 66.1 Å². The second kappa shape index (κ2) is 28.6. The highest BCUT2D eigenvalue weighted by Gasteiger charge is 2.49. The van der Waals surface area contributed by atoms with Crippen LogP contribution in [0.4, 0.5) is 39.8 Å². The third-order valence-electron chi connectivity index (χ3n) is 17.9. The van der Waals surface area contributed by atoms with Gasteiger partial charge in [-0.3, -0.25) is 43.5 Å². The summed E-state index contributed by atoms with van der Waals surface area (Å²) < 4.78 is 67.2. The summed E-state index contributed by atoms with van der Waals surface area (Å²) in [5.74, 6) is -7.02. The lowest BCUT2D eigenvalue weighted by Crippen LogP contribution is -2.64. The SMILES string of the molecule is C[C@@H]1COCCN1C[C@H]1CN(C(=O)OC(C)(C)C)[C@@H](C)CN1CC(=O)N1C[C@](C)(C(=O)NCC(=O)Nc2ccc3c(c2)[C@@H](C(=O)Nc2c(F)cccc2F)N(C(=O)[C@@H](NC(=O)[C@H](C)N(C)C(=O)OC(C)(C)C)C2CCOCC2)C3)c2ccc(Cc3ccc(F)cc3)cc21. The third kappa shape index (κ3) is 16.4. The quantitative estimate of drug-likeness (QED) is 0.0813. The van der Waals surface area contributed by atoms with Crippen molar-refractivity contribution >= 4 is 64.7 Å². The molecule has 7 atom stereocenters. The van der Waals surface area contributed by atoms with Crippen molar-refractivity contribution in [3.63, 3.8) is 0 Å². The maximum absolute atomic E-state index is 15.2. The number of carbonyl (C=O) groups excluding carboxylic acids is 8. The lowest BCUT2D eigenvalue weighted by Gasteiger charge is -2.47. The molecule has 0 saturated carbocycles. The van der Waals surface area contributed by atoms with Crippen LogP contribution in [0.1, 0.15) is 116 Å². The molecule has 5 heterocycles. The summed E-state index contributed by atoms with van der Waals surface area (Å²) in [7, 11) is 1.39. The van der Waals surface area contributed by atoms with Gasteiger partial charge >= 0.3 is 12.2 Å². The molecule has 3 saturated heterocycles. The number of fused-ring (bicyclic) bond motifs is 2. The van der Waals surface area contributed by atoms with Crippen LogP contribution in [0.15, 0.2) is 78.9 Å². The molecule has 4 aromatic rings. The van der Waals surface area contributed by atoms with Crippen molar-refractivity contribution in [3.05, 3.63) is 124 Å². The lowest BCUT2D eigenvalue weighted by molar-refractivity contribution is -0.144. The van der Waals surface area contributed by atoms with E-state index in [-0.39, 0.29) is 73.9 Å². The second-order valence-corrected chi connectivity index (χ2v) is 27.3. The fourth-order valence-electron chi connectivity index (χ4n) is 12.7. The minimum absolute atomic E-state index is 0.0611. The van der Waals surface area contributed by atoms with E-state index in [9.17, 15) is 33.2 Å². The monoisotopic (exact) mass is 1290 g/mol. The van der Waals surface area contributed by atoms with Crippen molar-refractivity contribution in [2.75, 3.05) is 94.8 Å². The number of para-hydroxylation sites is 1. The molecule has 502 valence electrons. The van der Waals surface area contributed by atoms with Crippen molar-refractivity contribution < 1.29 is 70.5 Å². The van der Waals surface area contributed by atoms with Crippen LogP contribution in [0.25, 0.3) is 0 Å². The number of carbonyl (C=O) groups is 8. The Labute approximate surface area is 541 Å². The van der Waals surface area contributed by atoms with E-state index >= 15 is 18.4 Å². The van der Waals surface area contributed by atoms with Crippen molar-refractivity contribution in [1.29, 1.82) is 0 Å². The molecule has 4 N–H and O–H groups in total. The average Bonchev–Trinajstić information content (AvgIpc) is 1.61. The van der Waals surface area contributed by atoms with Gasteiger partial charge in [0.1, 0.15) is 52.5 Å². The van der Waals surface area contributed by atoms with Crippen LogP contribution in [0.5, 0.6) is 0 Å². The van der Waals surface area contributed by atoms with Crippen LogP contribution in [0.3, 0.4) is 0 Å². The minimum Gasteiger partial charge on any atom is -0.444 e. The number of anilines is 3. The Morgan fingerprint density at radius 1 is 0.774 bits per heavy atom. The number of halogens is 3. The number of piperazine rings is 1. The van der Waals surface area contributed by atoms with Gasteiger partial charge in [0.15, 0.2) is 0 Å². The van der Waals surface area contributed by atoms with E-state index < -0.39 is 106 Å². The van der Waals surface area contributed by atoms with Gasteiger partial charge in [-0.25, -0.2) is 22.8 Å². The van der Waals surface area contributed by atoms with Gasteiger partial charge < -0.3 is 54.9 Å². The Morgan fingerprint density at radius 2 is 1.45 bits per heavy atom. The molecular formula is C68H87F3N10O12. The summed E-state index contributed by atoms with van der Waals surface area (Å²) in [6, 6.07) is 14.7. The van der Waals surface area contributed by atoms with E-state index in [0.717, 1.165) is 34.2 Å². The fraction of sp³-hybridized carbons (Fsp3) is 0.529. The summed E-state index contributed by atoms with van der Waals surface area (Å²) >= 11 is 0. The van der Waals surface area contributed by atoms with Gasteiger partial charge in [0.25, 0.3) is 5.91 Å². The van der Waals surface area contributed by atoms with E-state index in [1.54, 1.807) is 61.8 Å². The molecule has 9 rings (SSSR count). The molecule has 22 nitrogen and oxygen atoms in total. The number of nitrogens with one attached hydrogen (secondary N) is 4. The predicted molar refractivity (Wildman–Crippen MR) is 340 cm³/mol. The van der Waals surface area contributed by atoms with E-state index in [1.165, 1.54) is 43.1 Å². The smallest absolute Gasteiger partial charge is 0.410 e. The zero-order valence-electron chi connectivity index (χ0n) is 54.9. The van der Waals surface area contributed by atoms with Crippen molar-refractivity contribution in [2.45, 2.75) is 148 Å². The number of likely N-dealkylation sites (N-methyl/N-ethyl adjacent to an activating group) is 1. The summed E-state index contributed by atoms with van der Waals surface area (Å²) in [5, 5.41) is 10.7. The molecule has 0 spiro atoms. The number of benzene rings is 4.